The van der Waals surface area contributed by atoms with Gasteiger partial charge >= 0.3 is 5.97 Å². The van der Waals surface area contributed by atoms with E-state index in [0.29, 0.717) is 12.8 Å². The highest BCUT2D eigenvalue weighted by Crippen LogP contribution is 2.43. The minimum Gasteiger partial charge on any atom is -0.477 e. The summed E-state index contributed by atoms with van der Waals surface area (Å²) >= 11 is 0. The molecule has 1 unspecified atom stereocenters. The monoisotopic (exact) mass is 1630 g/mol. The molecule has 2 amide bonds. The summed E-state index contributed by atoms with van der Waals surface area (Å²) in [5.74, 6) is -9.03. The maximum absolute atomic E-state index is 13.9. The summed E-state index contributed by atoms with van der Waals surface area (Å²) in [6, 6.07) is -2.81. The Balaban J connectivity index is 1.33. The molecule has 5 rings (SSSR count). The number of amides is 2. The van der Waals surface area contributed by atoms with E-state index in [9.17, 15) is 106 Å². The number of rotatable bonds is 59. The van der Waals surface area contributed by atoms with Crippen molar-refractivity contribution in [3.63, 3.8) is 0 Å². The largest absolute Gasteiger partial charge is 0.477 e. The van der Waals surface area contributed by atoms with Crippen molar-refractivity contribution in [1.29, 1.82) is 0 Å². The van der Waals surface area contributed by atoms with E-state index < -0.39 is 241 Å². The summed E-state index contributed by atoms with van der Waals surface area (Å²) in [7, 11) is 0. The van der Waals surface area contributed by atoms with E-state index in [1.165, 1.54) is 122 Å². The topological polar surface area (TPSA) is 529 Å². The van der Waals surface area contributed by atoms with Crippen molar-refractivity contribution in [3.05, 3.63) is 12.2 Å². The Hall–Kier alpha value is -3.22. The van der Waals surface area contributed by atoms with Crippen LogP contribution in [0.2, 0.25) is 0 Å². The number of aliphatic carboxylic acids is 1. The molecule has 0 bridgehead atoms. The summed E-state index contributed by atoms with van der Waals surface area (Å²) in [6.07, 6.45) is -8.87. The van der Waals surface area contributed by atoms with Crippen LogP contribution in [0.1, 0.15) is 259 Å². The van der Waals surface area contributed by atoms with Gasteiger partial charge in [0.2, 0.25) is 11.8 Å². The first-order chi connectivity index (χ1) is 54.3. The van der Waals surface area contributed by atoms with E-state index >= 15 is 0 Å². The molecular formula is C80H144N2O31. The second kappa shape index (κ2) is 54.9. The molecule has 5 fully saturated rings. The number of ketones is 1. The lowest BCUT2D eigenvalue weighted by molar-refractivity contribution is -0.406. The summed E-state index contributed by atoms with van der Waals surface area (Å²) in [5.41, 5.74) is 0. The maximum Gasteiger partial charge on any atom is 0.364 e. The van der Waals surface area contributed by atoms with Gasteiger partial charge in [0.05, 0.1) is 70.0 Å². The number of aliphatic hydroxyl groups is 16. The van der Waals surface area contributed by atoms with E-state index in [4.69, 9.17) is 47.4 Å². The highest BCUT2D eigenvalue weighted by molar-refractivity contribution is 5.77. The van der Waals surface area contributed by atoms with Crippen LogP contribution in [0.15, 0.2) is 12.2 Å². The first-order valence-corrected chi connectivity index (χ1v) is 42.3. The standard InChI is InChI=1S/C80H144N2O31/c1-5-7-9-11-13-15-17-19-20-21-22-23-24-25-26-28-30-32-34-36-38-40-60(93)82-52(53(90)39-37-35-33-31-29-27-18-16-14-12-10-8-6-2)48-104-76-68(100)66(98)71(58(46-86)107-76)110-78-69(101)74(113-80(79(102)103)42-54(91)61(81-50(4)89)73(112-80)62(94)55(92)43-83)72(59(47-87)108-78)111-75-51(41-49(3)88)70(64(96)57(45-85)105-75)109-77-67(99)65(97)63(95)56(44-84)106-77/h19-20,51-59,61-78,83-87,90-92,94-101H,5-18,21-48H2,1-4H3,(H,81,89)(H,82,93)(H,102,103)/t51-,52+,53-,54+,55-,56-,57-,58-,59-,61-,62-,63+,64+,65+,66-,67-,68-,69-,70-,71-,72+,73?,74-,75+,76-,77+,78+,80+/m1/s1. The summed E-state index contributed by atoms with van der Waals surface area (Å²) in [4.78, 5) is 53.3. The first-order valence-electron chi connectivity index (χ1n) is 42.3. The predicted octanol–water partition coefficient (Wildman–Crippen LogP) is 2.39. The lowest BCUT2D eigenvalue weighted by Gasteiger charge is -2.52. The van der Waals surface area contributed by atoms with Crippen LogP contribution < -0.4 is 10.6 Å². The Kier molecular flexibility index (Phi) is 48.7. The minimum absolute atomic E-state index is 0.158. The second-order valence-electron chi connectivity index (χ2n) is 31.7. The average Bonchev–Trinajstić information content (AvgIpc) is 0.767. The molecule has 5 aliphatic heterocycles. The highest BCUT2D eigenvalue weighted by atomic mass is 16.8. The third-order valence-electron chi connectivity index (χ3n) is 22.4. The van der Waals surface area contributed by atoms with Gasteiger partial charge in [0.15, 0.2) is 25.2 Å². The highest BCUT2D eigenvalue weighted by Gasteiger charge is 2.62. The molecule has 33 nitrogen and oxygen atoms in total. The number of carboxylic acid groups (broad SMARTS) is 1. The average molecular weight is 1630 g/mol. The molecular weight excluding hydrogens is 1480 g/mol. The van der Waals surface area contributed by atoms with Gasteiger partial charge in [-0.15, -0.1) is 0 Å². The minimum atomic E-state index is -3.36. The van der Waals surface area contributed by atoms with E-state index in [1.807, 2.05) is 0 Å². The van der Waals surface area contributed by atoms with Crippen molar-refractivity contribution in [2.45, 2.75) is 424 Å². The number of allylic oxidation sites excluding steroid dienone is 2. The molecule has 5 saturated heterocycles. The molecule has 19 N–H and O–H groups in total. The van der Waals surface area contributed by atoms with Gasteiger partial charge in [0, 0.05) is 32.1 Å². The third-order valence-corrected chi connectivity index (χ3v) is 22.4. The Labute approximate surface area is 666 Å². The van der Waals surface area contributed by atoms with Gasteiger partial charge in [-0.3, -0.25) is 9.59 Å². The Morgan fingerprint density at radius 2 is 0.920 bits per heavy atom. The number of nitrogens with one attached hydrogen (secondary N) is 2. The fourth-order valence-corrected chi connectivity index (χ4v) is 15.6. The number of carbonyl (C=O) groups excluding carboxylic acids is 3. The number of ether oxygens (including phenoxy) is 10. The van der Waals surface area contributed by atoms with Crippen LogP contribution in [0.5, 0.6) is 0 Å². The zero-order valence-electron chi connectivity index (χ0n) is 67.3. The van der Waals surface area contributed by atoms with Crippen molar-refractivity contribution >= 4 is 23.6 Å². The van der Waals surface area contributed by atoms with Gasteiger partial charge < -0.3 is 150 Å². The second-order valence-corrected chi connectivity index (χ2v) is 31.7. The van der Waals surface area contributed by atoms with Gasteiger partial charge in [-0.05, 0) is 45.4 Å². The van der Waals surface area contributed by atoms with Crippen LogP contribution >= 0.6 is 0 Å². The number of unbranched alkanes of at least 4 members (excludes halogenated alkanes) is 29. The van der Waals surface area contributed by atoms with E-state index in [1.54, 1.807) is 0 Å². The van der Waals surface area contributed by atoms with Crippen LogP contribution in [-0.2, 0) is 66.5 Å². The lowest BCUT2D eigenvalue weighted by atomic mass is 9.86. The number of aliphatic hydroxyl groups excluding tert-OH is 16. The predicted molar refractivity (Wildman–Crippen MR) is 407 cm³/mol. The Bertz CT molecular complexity index is 2600. The first kappa shape index (κ1) is 100. The number of Topliss-reactive ketones (excluding diaryl/α,β-unsaturated/α-hetero) is 1. The summed E-state index contributed by atoms with van der Waals surface area (Å²) < 4.78 is 60.6. The third kappa shape index (κ3) is 32.7. The van der Waals surface area contributed by atoms with Crippen molar-refractivity contribution in [2.75, 3.05) is 39.6 Å². The molecule has 33 heteroatoms. The molecule has 113 heavy (non-hydrogen) atoms. The van der Waals surface area contributed by atoms with Crippen molar-refractivity contribution in [2.24, 2.45) is 5.92 Å². The van der Waals surface area contributed by atoms with Crippen LogP contribution in [0, 0.1) is 5.92 Å². The Morgan fingerprint density at radius 3 is 1.42 bits per heavy atom. The number of carboxylic acids is 1. The normalized spacial score (nSPS) is 33.4. The molecule has 28 atom stereocenters. The molecule has 5 heterocycles. The fourth-order valence-electron chi connectivity index (χ4n) is 15.6. The molecule has 0 radical (unpaired) electrons. The molecule has 5 aliphatic rings. The fraction of sp³-hybridized carbons (Fsp3) is 0.925. The zero-order chi connectivity index (χ0) is 83.0. The molecule has 0 saturated carbocycles. The summed E-state index contributed by atoms with van der Waals surface area (Å²) in [5, 5.41) is 195. The van der Waals surface area contributed by atoms with Crippen LogP contribution in [0.3, 0.4) is 0 Å². The molecule has 0 aromatic carbocycles. The maximum atomic E-state index is 13.9. The zero-order valence-corrected chi connectivity index (χ0v) is 67.3. The Morgan fingerprint density at radius 1 is 0.478 bits per heavy atom. The van der Waals surface area contributed by atoms with E-state index in [-0.39, 0.29) is 18.7 Å². The smallest absolute Gasteiger partial charge is 0.364 e. The van der Waals surface area contributed by atoms with Crippen LogP contribution in [0.25, 0.3) is 0 Å². The quantitative estimate of drug-likeness (QED) is 0.0307. The van der Waals surface area contributed by atoms with Gasteiger partial charge in [-0.25, -0.2) is 4.79 Å². The lowest BCUT2D eigenvalue weighted by Crippen LogP contribution is -2.71. The van der Waals surface area contributed by atoms with Gasteiger partial charge in [0.25, 0.3) is 5.79 Å². The van der Waals surface area contributed by atoms with Crippen molar-refractivity contribution in [1.82, 2.24) is 10.6 Å². The number of hydrogen-bond donors (Lipinski definition) is 19. The van der Waals surface area contributed by atoms with E-state index in [0.717, 1.165) is 84.5 Å². The van der Waals surface area contributed by atoms with Gasteiger partial charge in [-0.2, -0.15) is 0 Å². The van der Waals surface area contributed by atoms with Crippen LogP contribution in [0.4, 0.5) is 0 Å². The summed E-state index contributed by atoms with van der Waals surface area (Å²) in [6.45, 7) is 0.617. The molecule has 0 aliphatic carbocycles. The van der Waals surface area contributed by atoms with Gasteiger partial charge in [0.1, 0.15) is 110 Å². The SMILES string of the molecule is CCCCCCCCC=CCCCCCCCCCCCCCC(=O)N[C@@H](CO[C@@H]1O[C@H](CO)[C@@H](O[C@@H]2O[C@H](CO)[C@H](O[C@@H]3O[C@H](CO)[C@H](O)[C@H](O[C@@H]4O[C@H](CO)[C@H](O)[C@H](O)[C@H]4O)[C@H]3CC(C)=O)[C@H](O[C@]3(C(=O)O)C[C@H](O)[C@@H](NC(C)=O)C([C@H](O)[C@H](O)CO)O3)[C@H]2O)[C@H](O)[C@H]1O)[C@H](O)CCCCCCCCCCCCCCC. The molecule has 0 aromatic rings. The van der Waals surface area contributed by atoms with Crippen molar-refractivity contribution in [3.8, 4) is 0 Å². The van der Waals surface area contributed by atoms with E-state index in [2.05, 4.69) is 36.6 Å². The molecule has 660 valence electrons. The van der Waals surface area contributed by atoms with Crippen LogP contribution in [-0.4, -0.2) is 315 Å². The molecule has 0 spiro atoms. The number of carbonyl (C=O) groups is 4. The molecule has 0 aromatic heterocycles. The van der Waals surface area contributed by atoms with Crippen molar-refractivity contribution < 1.29 is 153 Å². The van der Waals surface area contributed by atoms with Gasteiger partial charge in [-0.1, -0.05) is 199 Å². The number of hydrogen-bond acceptors (Lipinski definition) is 30.